The number of nitrogens with zero attached hydrogens (tertiary/aromatic N) is 4. The lowest BCUT2D eigenvalue weighted by molar-refractivity contribution is -0.174. The van der Waals surface area contributed by atoms with Gasteiger partial charge in [-0.25, -0.2) is 4.98 Å². The number of carbonyl (C=O) groups is 2. The molecule has 5 rings (SSSR count). The van der Waals surface area contributed by atoms with Crippen LogP contribution >= 0.6 is 0 Å². The Labute approximate surface area is 245 Å². The van der Waals surface area contributed by atoms with Crippen molar-refractivity contribution >= 4 is 29.0 Å². The standard InChI is InChI=1S/C30H30F3N7O3/c31-30(32,33)29(43)37-19-9-10-39(15-19)24-8-7-18(11-25(24)40(16-27(35)42)14-17-5-6-17)21-12-23(38-28(36)22(21)13-34)20-3-1-2-4-26(20)41/h1-4,7-8,11-12,17,19,41H,5-6,9-10,14-16H2,(H2,35,42)(H2,36,38)(H,37,43). The lowest BCUT2D eigenvalue weighted by atomic mass is 9.97. The van der Waals surface area contributed by atoms with Gasteiger partial charge in [0, 0.05) is 36.8 Å². The van der Waals surface area contributed by atoms with Crippen LogP contribution in [0.1, 0.15) is 24.8 Å². The molecule has 1 aromatic heterocycles. The third-order valence-electron chi connectivity index (χ3n) is 7.61. The van der Waals surface area contributed by atoms with Crippen molar-refractivity contribution in [1.82, 2.24) is 10.3 Å². The van der Waals surface area contributed by atoms with Gasteiger partial charge in [0.25, 0.3) is 0 Å². The monoisotopic (exact) mass is 593 g/mol. The van der Waals surface area contributed by atoms with Crippen molar-refractivity contribution in [1.29, 1.82) is 5.26 Å². The number of aromatic hydroxyl groups is 1. The number of benzene rings is 2. The molecule has 3 aromatic rings. The van der Waals surface area contributed by atoms with E-state index >= 15 is 0 Å². The lowest BCUT2D eigenvalue weighted by Crippen LogP contribution is -2.44. The molecule has 2 amide bonds. The van der Waals surface area contributed by atoms with Crippen molar-refractivity contribution in [2.75, 3.05) is 41.7 Å². The zero-order valence-electron chi connectivity index (χ0n) is 23.1. The number of phenolic OH excluding ortho intramolecular Hbond substituents is 1. The van der Waals surface area contributed by atoms with E-state index in [1.165, 1.54) is 6.07 Å². The van der Waals surface area contributed by atoms with Gasteiger partial charge in [-0.3, -0.25) is 9.59 Å². The van der Waals surface area contributed by atoms with E-state index in [1.54, 1.807) is 42.5 Å². The Morgan fingerprint density at radius 1 is 1.14 bits per heavy atom. The molecule has 1 unspecified atom stereocenters. The van der Waals surface area contributed by atoms with Gasteiger partial charge in [0.1, 0.15) is 23.2 Å². The van der Waals surface area contributed by atoms with Gasteiger partial charge in [0.2, 0.25) is 5.91 Å². The SMILES string of the molecule is N#Cc1c(-c2ccc(N3CCC(NC(=O)C(F)(F)F)C3)c(N(CC(N)=O)CC3CC3)c2)cc(-c2ccccc2O)nc1N. The average molecular weight is 594 g/mol. The maximum Gasteiger partial charge on any atom is 0.471 e. The molecule has 0 radical (unpaired) electrons. The number of nitrogen functional groups attached to an aromatic ring is 1. The molecule has 1 saturated heterocycles. The minimum absolute atomic E-state index is 0.0145. The van der Waals surface area contributed by atoms with E-state index < -0.39 is 24.0 Å². The molecule has 1 aliphatic carbocycles. The molecule has 2 heterocycles. The highest BCUT2D eigenvalue weighted by atomic mass is 19.4. The number of nitrogens with two attached hydrogens (primary N) is 2. The van der Waals surface area contributed by atoms with Crippen molar-refractivity contribution in [2.24, 2.45) is 11.7 Å². The zero-order chi connectivity index (χ0) is 30.9. The molecule has 13 heteroatoms. The van der Waals surface area contributed by atoms with Gasteiger partial charge in [-0.2, -0.15) is 18.4 Å². The molecule has 1 saturated carbocycles. The number of halogens is 3. The number of para-hydroxylation sites is 1. The highest BCUT2D eigenvalue weighted by Gasteiger charge is 2.41. The van der Waals surface area contributed by atoms with Crippen LogP contribution in [-0.2, 0) is 9.59 Å². The van der Waals surface area contributed by atoms with Crippen LogP contribution in [0.5, 0.6) is 5.75 Å². The van der Waals surface area contributed by atoms with Gasteiger partial charge in [0.05, 0.1) is 23.6 Å². The first-order valence-electron chi connectivity index (χ1n) is 13.7. The third-order valence-corrected chi connectivity index (χ3v) is 7.61. The molecule has 6 N–H and O–H groups in total. The molecular formula is C30H30F3N7O3. The number of nitriles is 1. The summed E-state index contributed by atoms with van der Waals surface area (Å²) < 4.78 is 38.6. The van der Waals surface area contributed by atoms with Gasteiger partial charge in [-0.15, -0.1) is 0 Å². The summed E-state index contributed by atoms with van der Waals surface area (Å²) in [6, 6.07) is 15.0. The molecular weight excluding hydrogens is 563 g/mol. The Hall–Kier alpha value is -4.99. The van der Waals surface area contributed by atoms with Crippen LogP contribution in [0.15, 0.2) is 48.5 Å². The molecule has 224 valence electrons. The summed E-state index contributed by atoms with van der Waals surface area (Å²) in [6.45, 7) is 0.938. The number of carbonyl (C=O) groups excluding carboxylic acids is 2. The van der Waals surface area contributed by atoms with E-state index in [1.807, 2.05) is 9.80 Å². The van der Waals surface area contributed by atoms with Gasteiger partial charge in [0.15, 0.2) is 0 Å². The van der Waals surface area contributed by atoms with E-state index in [0.29, 0.717) is 59.2 Å². The number of hydrogen-bond donors (Lipinski definition) is 4. The van der Waals surface area contributed by atoms with Crippen LogP contribution in [0.25, 0.3) is 22.4 Å². The van der Waals surface area contributed by atoms with Crippen LogP contribution in [0, 0.1) is 17.2 Å². The van der Waals surface area contributed by atoms with Gasteiger partial charge in [-0.05, 0) is 61.1 Å². The van der Waals surface area contributed by atoms with Crippen LogP contribution in [0.2, 0.25) is 0 Å². The number of hydrogen-bond acceptors (Lipinski definition) is 8. The smallest absolute Gasteiger partial charge is 0.471 e. The Morgan fingerprint density at radius 2 is 1.88 bits per heavy atom. The second-order valence-electron chi connectivity index (χ2n) is 10.8. The summed E-state index contributed by atoms with van der Waals surface area (Å²) in [6.07, 6.45) is -2.71. The Morgan fingerprint density at radius 3 is 2.53 bits per heavy atom. The first-order valence-corrected chi connectivity index (χ1v) is 13.7. The largest absolute Gasteiger partial charge is 0.507 e. The van der Waals surface area contributed by atoms with Gasteiger partial charge < -0.3 is 31.7 Å². The first-order chi connectivity index (χ1) is 20.4. The minimum Gasteiger partial charge on any atom is -0.507 e. The quantitative estimate of drug-likeness (QED) is 0.293. The van der Waals surface area contributed by atoms with Gasteiger partial charge in [-0.1, -0.05) is 18.2 Å². The number of nitrogens with one attached hydrogen (secondary N) is 1. The Bertz CT molecular complexity index is 1600. The second kappa shape index (κ2) is 11.7. The van der Waals surface area contributed by atoms with Crippen molar-refractivity contribution < 1.29 is 27.9 Å². The van der Waals surface area contributed by atoms with Crippen molar-refractivity contribution in [3.63, 3.8) is 0 Å². The van der Waals surface area contributed by atoms with Crippen molar-refractivity contribution in [2.45, 2.75) is 31.5 Å². The topological polar surface area (TPSA) is 162 Å². The maximum atomic E-state index is 12.9. The molecule has 0 bridgehead atoms. The number of pyridine rings is 1. The number of alkyl halides is 3. The van der Waals surface area contributed by atoms with E-state index in [0.717, 1.165) is 12.8 Å². The first kappa shape index (κ1) is 29.5. The minimum atomic E-state index is -4.98. The summed E-state index contributed by atoms with van der Waals surface area (Å²) in [5.41, 5.74) is 15.0. The lowest BCUT2D eigenvalue weighted by Gasteiger charge is -2.31. The van der Waals surface area contributed by atoms with Crippen molar-refractivity contribution in [3.8, 4) is 34.2 Å². The fourth-order valence-corrected chi connectivity index (χ4v) is 5.36. The van der Waals surface area contributed by atoms with Crippen LogP contribution in [0.3, 0.4) is 0 Å². The molecule has 43 heavy (non-hydrogen) atoms. The summed E-state index contributed by atoms with van der Waals surface area (Å²) >= 11 is 0. The fourth-order valence-electron chi connectivity index (χ4n) is 5.36. The summed E-state index contributed by atoms with van der Waals surface area (Å²) in [7, 11) is 0. The van der Waals surface area contributed by atoms with E-state index in [4.69, 9.17) is 11.5 Å². The third kappa shape index (κ3) is 6.58. The second-order valence-corrected chi connectivity index (χ2v) is 10.8. The zero-order valence-corrected chi connectivity index (χ0v) is 23.1. The highest BCUT2D eigenvalue weighted by molar-refractivity contribution is 5.88. The van der Waals surface area contributed by atoms with E-state index in [-0.39, 0.29) is 30.2 Å². The van der Waals surface area contributed by atoms with Crippen LogP contribution in [-0.4, -0.2) is 60.3 Å². The number of anilines is 3. The molecule has 1 aliphatic heterocycles. The predicted molar refractivity (Wildman–Crippen MR) is 155 cm³/mol. The van der Waals surface area contributed by atoms with E-state index in [2.05, 4.69) is 16.4 Å². The number of aromatic nitrogens is 1. The Balaban J connectivity index is 1.58. The summed E-state index contributed by atoms with van der Waals surface area (Å²) in [5.74, 6) is -2.23. The average Bonchev–Trinajstić information content (AvgIpc) is 3.65. The van der Waals surface area contributed by atoms with Crippen LogP contribution < -0.4 is 26.6 Å². The highest BCUT2D eigenvalue weighted by Crippen LogP contribution is 2.41. The molecule has 0 spiro atoms. The number of primary amides is 1. The van der Waals surface area contributed by atoms with E-state index in [9.17, 15) is 33.1 Å². The summed E-state index contributed by atoms with van der Waals surface area (Å²) in [4.78, 5) is 31.7. The van der Waals surface area contributed by atoms with Gasteiger partial charge >= 0.3 is 12.1 Å². The maximum absolute atomic E-state index is 12.9. The number of rotatable bonds is 9. The fraction of sp³-hybridized carbons (Fsp3) is 0.333. The van der Waals surface area contributed by atoms with Crippen molar-refractivity contribution in [3.05, 3.63) is 54.1 Å². The molecule has 2 aliphatic rings. The summed E-state index contributed by atoms with van der Waals surface area (Å²) in [5, 5.41) is 22.5. The van der Waals surface area contributed by atoms with Crippen LogP contribution in [0.4, 0.5) is 30.4 Å². The molecule has 2 fully saturated rings. The molecule has 2 aromatic carbocycles. The Kier molecular flexibility index (Phi) is 8.04. The normalized spacial score (nSPS) is 16.5. The number of amides is 2. The predicted octanol–water partition coefficient (Wildman–Crippen LogP) is 3.53. The number of phenols is 1. The molecule has 10 nitrogen and oxygen atoms in total. The molecule has 1 atom stereocenters.